The minimum absolute atomic E-state index is 0.00811. The number of methoxy groups -OCH3 is 1. The molecule has 0 aromatic carbocycles. The number of alkyl halides is 3. The molecule has 4 atom stereocenters. The van der Waals surface area contributed by atoms with E-state index in [1.54, 1.807) is 13.8 Å². The van der Waals surface area contributed by atoms with Crippen molar-refractivity contribution >= 4 is 46.7 Å². The Labute approximate surface area is 137 Å². The van der Waals surface area contributed by atoms with E-state index in [1.165, 1.54) is 7.11 Å². The fourth-order valence-corrected chi connectivity index (χ4v) is 2.95. The van der Waals surface area contributed by atoms with E-state index >= 15 is 0 Å². The zero-order valence-electron chi connectivity index (χ0n) is 11.7. The number of carbonyl (C=O) groups is 1. The highest BCUT2D eigenvalue weighted by molar-refractivity contribution is 6.76. The van der Waals surface area contributed by atoms with Crippen LogP contribution in [-0.4, -0.2) is 52.8 Å². The first-order valence-corrected chi connectivity index (χ1v) is 7.42. The second-order valence-corrected chi connectivity index (χ2v) is 7.79. The highest BCUT2D eigenvalue weighted by atomic mass is 35.6. The van der Waals surface area contributed by atoms with Crippen molar-refractivity contribution in [3.8, 4) is 0 Å². The first-order chi connectivity index (χ1) is 9.56. The average Bonchev–Trinajstić information content (AvgIpc) is 2.68. The van der Waals surface area contributed by atoms with Gasteiger partial charge in [-0.3, -0.25) is 0 Å². The zero-order valence-corrected chi connectivity index (χ0v) is 14.0. The van der Waals surface area contributed by atoms with Crippen LogP contribution in [0.1, 0.15) is 20.3 Å². The first-order valence-electron chi connectivity index (χ1n) is 6.28. The van der Waals surface area contributed by atoms with E-state index in [9.17, 15) is 4.79 Å². The molecule has 0 aliphatic carbocycles. The topological polar surface area (TPSA) is 77.8 Å². The predicted octanol–water partition coefficient (Wildman–Crippen LogP) is 2.86. The third-order valence-corrected chi connectivity index (χ3v) is 4.28. The molecule has 2 rings (SSSR count). The normalized spacial score (nSPS) is 34.9. The maximum Gasteiger partial charge on any atom is 0.509 e. The molecule has 2 fully saturated rings. The van der Waals surface area contributed by atoms with Crippen molar-refractivity contribution in [1.29, 1.82) is 5.41 Å². The van der Waals surface area contributed by atoms with Gasteiger partial charge < -0.3 is 24.4 Å². The Bertz CT molecular complexity index is 451. The second kappa shape index (κ2) is 5.74. The van der Waals surface area contributed by atoms with Gasteiger partial charge in [0.15, 0.2) is 12.2 Å². The molecule has 0 radical (unpaired) electrons. The fourth-order valence-electron chi connectivity index (χ4n) is 2.72. The Kier molecular flexibility index (Phi) is 4.67. The molecule has 0 saturated carbocycles. The smallest absolute Gasteiger partial charge is 0.424 e. The highest BCUT2D eigenvalue weighted by Crippen LogP contribution is 2.40. The van der Waals surface area contributed by atoms with Gasteiger partial charge >= 0.3 is 6.16 Å². The van der Waals surface area contributed by atoms with Gasteiger partial charge in [-0.2, -0.15) is 0 Å². The number of hydrogen-bond acceptors (Lipinski definition) is 6. The summed E-state index contributed by atoms with van der Waals surface area (Å²) < 4.78 is 19.7. The van der Waals surface area contributed by atoms with Gasteiger partial charge in [0.25, 0.3) is 0 Å². The number of ether oxygens (including phenoxy) is 4. The van der Waals surface area contributed by atoms with Crippen molar-refractivity contribution in [1.82, 2.24) is 0 Å². The minimum atomic E-state index is -1.83. The average molecular weight is 361 g/mol. The van der Waals surface area contributed by atoms with E-state index in [0.29, 0.717) is 0 Å². The summed E-state index contributed by atoms with van der Waals surface area (Å²) in [4.78, 5) is 11.4. The third-order valence-electron chi connectivity index (χ3n) is 3.59. The van der Waals surface area contributed by atoms with Crippen LogP contribution in [0.25, 0.3) is 0 Å². The monoisotopic (exact) mass is 359 g/mol. The molecule has 2 saturated heterocycles. The van der Waals surface area contributed by atoms with Crippen LogP contribution in [0.4, 0.5) is 4.79 Å². The summed E-state index contributed by atoms with van der Waals surface area (Å²) in [5, 5.41) is 7.81. The molecular formula is C12H16Cl3NO5. The molecule has 0 spiro atoms. The molecule has 2 aliphatic rings. The maximum absolute atomic E-state index is 11.4. The standard InChI is InChI=1S/C12H16Cl3NO5/c1-11(2)9(18-3)8-7(19-10(17)20-8)5(21-11)4-6(16)12(13,14)15/h5,7-9,16H,4H2,1-3H3/t5?,7?,8?,9-/m1/s1. The van der Waals surface area contributed by atoms with Crippen LogP contribution in [0.3, 0.4) is 0 Å². The summed E-state index contributed by atoms with van der Waals surface area (Å²) in [5.41, 5.74) is -0.895. The second-order valence-electron chi connectivity index (χ2n) is 5.51. The zero-order chi connectivity index (χ0) is 16.0. The van der Waals surface area contributed by atoms with E-state index in [2.05, 4.69) is 0 Å². The molecule has 0 aromatic heterocycles. The van der Waals surface area contributed by atoms with E-state index in [1.807, 2.05) is 0 Å². The molecule has 0 aromatic rings. The lowest BCUT2D eigenvalue weighted by Crippen LogP contribution is -2.62. The van der Waals surface area contributed by atoms with Crippen molar-refractivity contribution in [2.75, 3.05) is 7.11 Å². The highest BCUT2D eigenvalue weighted by Gasteiger charge is 2.58. The Morgan fingerprint density at radius 3 is 2.43 bits per heavy atom. The van der Waals surface area contributed by atoms with Gasteiger partial charge in [0.05, 0.1) is 11.3 Å². The Hall–Kier alpha value is -0.270. The third kappa shape index (κ3) is 3.40. The lowest BCUT2D eigenvalue weighted by Gasteiger charge is -2.45. The molecule has 1 N–H and O–H groups in total. The Morgan fingerprint density at radius 2 is 1.90 bits per heavy atom. The van der Waals surface area contributed by atoms with Gasteiger partial charge in [-0.05, 0) is 13.8 Å². The summed E-state index contributed by atoms with van der Waals surface area (Å²) in [6.45, 7) is 3.60. The van der Waals surface area contributed by atoms with Crippen LogP contribution in [0.5, 0.6) is 0 Å². The van der Waals surface area contributed by atoms with Crippen molar-refractivity contribution in [3.63, 3.8) is 0 Å². The van der Waals surface area contributed by atoms with Crippen molar-refractivity contribution in [2.24, 2.45) is 0 Å². The van der Waals surface area contributed by atoms with E-state index in [4.69, 9.17) is 59.2 Å². The summed E-state index contributed by atoms with van der Waals surface area (Å²) in [6, 6.07) is 0. The largest absolute Gasteiger partial charge is 0.509 e. The number of nitrogens with one attached hydrogen (secondary N) is 1. The Morgan fingerprint density at radius 1 is 1.33 bits per heavy atom. The molecule has 9 heteroatoms. The first kappa shape index (κ1) is 17.1. The van der Waals surface area contributed by atoms with Gasteiger partial charge in [0.2, 0.25) is 3.79 Å². The van der Waals surface area contributed by atoms with Gasteiger partial charge in [0, 0.05) is 13.5 Å². The van der Waals surface area contributed by atoms with Crippen molar-refractivity contribution < 1.29 is 23.7 Å². The van der Waals surface area contributed by atoms with Crippen molar-refractivity contribution in [2.45, 2.75) is 54.1 Å². The van der Waals surface area contributed by atoms with Crippen LogP contribution < -0.4 is 0 Å². The molecular weight excluding hydrogens is 344 g/mol. The maximum atomic E-state index is 11.4. The SMILES string of the molecule is CO[C@@H]1C2OC(=O)OC2C(CC(=N)C(Cl)(Cl)Cl)OC1(C)C. The minimum Gasteiger partial charge on any atom is -0.424 e. The van der Waals surface area contributed by atoms with Gasteiger partial charge in [-0.15, -0.1) is 0 Å². The lowest BCUT2D eigenvalue weighted by molar-refractivity contribution is -0.233. The lowest BCUT2D eigenvalue weighted by atomic mass is 9.86. The molecule has 0 amide bonds. The van der Waals surface area contributed by atoms with Crippen LogP contribution in [0, 0.1) is 5.41 Å². The summed E-state index contributed by atoms with van der Waals surface area (Å²) in [5.74, 6) is 0. The number of fused-ring (bicyclic) bond motifs is 1. The van der Waals surface area contributed by atoms with E-state index in [0.717, 1.165) is 0 Å². The number of halogens is 3. The molecule has 6 nitrogen and oxygen atoms in total. The van der Waals surface area contributed by atoms with Crippen LogP contribution in [-0.2, 0) is 18.9 Å². The quantitative estimate of drug-likeness (QED) is 0.476. The Balaban J connectivity index is 2.22. The van der Waals surface area contributed by atoms with Gasteiger partial charge in [0.1, 0.15) is 12.2 Å². The summed E-state index contributed by atoms with van der Waals surface area (Å²) in [7, 11) is 1.50. The van der Waals surface area contributed by atoms with Crippen LogP contribution >= 0.6 is 34.8 Å². The summed E-state index contributed by atoms with van der Waals surface area (Å²) in [6.07, 6.45) is -3.26. The molecule has 120 valence electrons. The fraction of sp³-hybridized carbons (Fsp3) is 0.833. The molecule has 3 unspecified atom stereocenters. The van der Waals surface area contributed by atoms with Gasteiger partial charge in [-0.1, -0.05) is 34.8 Å². The number of carbonyl (C=O) groups excluding carboxylic acids is 1. The van der Waals surface area contributed by atoms with Crippen molar-refractivity contribution in [3.05, 3.63) is 0 Å². The van der Waals surface area contributed by atoms with Crippen LogP contribution in [0.15, 0.2) is 0 Å². The molecule has 21 heavy (non-hydrogen) atoms. The van der Waals surface area contributed by atoms with Gasteiger partial charge in [-0.25, -0.2) is 4.79 Å². The summed E-state index contributed by atoms with van der Waals surface area (Å²) >= 11 is 17.1. The van der Waals surface area contributed by atoms with E-state index in [-0.39, 0.29) is 12.1 Å². The van der Waals surface area contributed by atoms with Crippen LogP contribution in [0.2, 0.25) is 0 Å². The predicted molar refractivity (Wildman–Crippen MR) is 77.5 cm³/mol. The molecule has 0 bridgehead atoms. The van der Waals surface area contributed by atoms with E-state index < -0.39 is 40.0 Å². The number of hydrogen-bond donors (Lipinski definition) is 1. The molecule has 2 heterocycles. The molecule has 2 aliphatic heterocycles. The number of rotatable bonds is 3.